The van der Waals surface area contributed by atoms with Crippen LogP contribution in [0.2, 0.25) is 0 Å². The first-order chi connectivity index (χ1) is 9.22. The largest absolute Gasteiger partial charge is 0.383 e. The van der Waals surface area contributed by atoms with E-state index in [1.54, 1.807) is 13.2 Å². The molecule has 0 spiro atoms. The minimum atomic E-state index is -0.147. The maximum atomic E-state index is 13.5. The van der Waals surface area contributed by atoms with Gasteiger partial charge in [-0.2, -0.15) is 0 Å². The van der Waals surface area contributed by atoms with Crippen molar-refractivity contribution < 1.29 is 13.9 Å². The van der Waals surface area contributed by atoms with Crippen LogP contribution in [0, 0.1) is 5.82 Å². The number of carbonyl (C=O) groups excluding carboxylic acids is 1. The highest BCUT2D eigenvalue weighted by molar-refractivity contribution is 5.78. The molecule has 104 valence electrons. The summed E-state index contributed by atoms with van der Waals surface area (Å²) in [5.74, 6) is -0.215. The Bertz CT molecular complexity index is 451. The highest BCUT2D eigenvalue weighted by Crippen LogP contribution is 2.32. The zero-order chi connectivity index (χ0) is 13.7. The summed E-state index contributed by atoms with van der Waals surface area (Å²) in [6.07, 6.45) is 1.56. The van der Waals surface area contributed by atoms with Gasteiger partial charge in [-0.1, -0.05) is 12.1 Å². The molecule has 1 aromatic carbocycles. The fourth-order valence-electron chi connectivity index (χ4n) is 2.39. The van der Waals surface area contributed by atoms with Crippen molar-refractivity contribution in [3.63, 3.8) is 0 Å². The minimum Gasteiger partial charge on any atom is -0.383 e. The van der Waals surface area contributed by atoms with Crippen molar-refractivity contribution in [2.75, 3.05) is 26.8 Å². The molecule has 0 fully saturated rings. The summed E-state index contributed by atoms with van der Waals surface area (Å²) in [6.45, 7) is 1.25. The van der Waals surface area contributed by atoms with Crippen LogP contribution in [0.5, 0.6) is 0 Å². The quantitative estimate of drug-likeness (QED) is 0.760. The Morgan fingerprint density at radius 3 is 3.16 bits per heavy atom. The number of nitrogens with one attached hydrogen (secondary N) is 2. The van der Waals surface area contributed by atoms with Crippen LogP contribution >= 0.6 is 0 Å². The number of methoxy groups -OCH3 is 1. The first-order valence-electron chi connectivity index (χ1n) is 6.48. The van der Waals surface area contributed by atoms with Crippen LogP contribution in [0.4, 0.5) is 4.39 Å². The van der Waals surface area contributed by atoms with E-state index >= 15 is 0 Å². The molecule has 1 unspecified atom stereocenters. The third kappa shape index (κ3) is 3.52. The van der Waals surface area contributed by atoms with Crippen LogP contribution in [-0.4, -0.2) is 32.7 Å². The first kappa shape index (κ1) is 14.0. The third-order valence-corrected chi connectivity index (χ3v) is 3.35. The van der Waals surface area contributed by atoms with Crippen molar-refractivity contribution >= 4 is 5.91 Å². The Hall–Kier alpha value is -1.46. The van der Waals surface area contributed by atoms with Gasteiger partial charge in [-0.25, -0.2) is 4.39 Å². The number of amides is 1. The zero-order valence-corrected chi connectivity index (χ0v) is 11.0. The SMILES string of the molecule is COCCNC(=O)CNC1CCc2c(F)cccc21. The van der Waals surface area contributed by atoms with Crippen molar-refractivity contribution in [3.8, 4) is 0 Å². The van der Waals surface area contributed by atoms with Crippen LogP contribution < -0.4 is 10.6 Å². The Morgan fingerprint density at radius 2 is 2.37 bits per heavy atom. The molecule has 0 heterocycles. The highest BCUT2D eigenvalue weighted by Gasteiger charge is 2.24. The topological polar surface area (TPSA) is 50.4 Å². The number of hydrogen-bond donors (Lipinski definition) is 2. The molecule has 19 heavy (non-hydrogen) atoms. The predicted octanol–water partition coefficient (Wildman–Crippen LogP) is 1.17. The second kappa shape index (κ2) is 6.63. The Labute approximate surface area is 112 Å². The maximum Gasteiger partial charge on any atom is 0.234 e. The van der Waals surface area contributed by atoms with Crippen LogP contribution in [0.1, 0.15) is 23.6 Å². The smallest absolute Gasteiger partial charge is 0.234 e. The monoisotopic (exact) mass is 266 g/mol. The summed E-state index contributed by atoms with van der Waals surface area (Å²) in [4.78, 5) is 11.6. The molecule has 1 atom stereocenters. The van der Waals surface area contributed by atoms with E-state index in [0.717, 1.165) is 24.0 Å². The van der Waals surface area contributed by atoms with Crippen LogP contribution in [0.15, 0.2) is 18.2 Å². The molecule has 2 N–H and O–H groups in total. The molecule has 0 aromatic heterocycles. The molecule has 0 bridgehead atoms. The van der Waals surface area contributed by atoms with Gasteiger partial charge in [-0.05, 0) is 30.0 Å². The van der Waals surface area contributed by atoms with E-state index in [0.29, 0.717) is 13.2 Å². The Kier molecular flexibility index (Phi) is 4.87. The molecule has 5 heteroatoms. The average molecular weight is 266 g/mol. The van der Waals surface area contributed by atoms with Gasteiger partial charge in [-0.15, -0.1) is 0 Å². The fourth-order valence-corrected chi connectivity index (χ4v) is 2.39. The molecule has 0 aliphatic heterocycles. The summed E-state index contributed by atoms with van der Waals surface area (Å²) >= 11 is 0. The highest BCUT2D eigenvalue weighted by atomic mass is 19.1. The van der Waals surface area contributed by atoms with E-state index in [1.165, 1.54) is 6.07 Å². The summed E-state index contributed by atoms with van der Waals surface area (Å²) in [6, 6.07) is 5.19. The van der Waals surface area contributed by atoms with Gasteiger partial charge >= 0.3 is 0 Å². The van der Waals surface area contributed by atoms with Crippen LogP contribution in [0.25, 0.3) is 0 Å². The molecule has 1 aliphatic carbocycles. The van der Waals surface area contributed by atoms with E-state index in [2.05, 4.69) is 10.6 Å². The second-order valence-electron chi connectivity index (χ2n) is 4.62. The summed E-state index contributed by atoms with van der Waals surface area (Å²) in [5.41, 5.74) is 1.75. The number of benzene rings is 1. The van der Waals surface area contributed by atoms with Gasteiger partial charge in [0, 0.05) is 19.7 Å². The number of halogens is 1. The summed E-state index contributed by atoms with van der Waals surface area (Å²) in [5, 5.41) is 5.91. The van der Waals surface area contributed by atoms with Crippen molar-refractivity contribution in [1.29, 1.82) is 0 Å². The maximum absolute atomic E-state index is 13.5. The number of carbonyl (C=O) groups is 1. The van der Waals surface area contributed by atoms with Gasteiger partial charge in [0.25, 0.3) is 0 Å². The lowest BCUT2D eigenvalue weighted by atomic mass is 10.1. The summed E-state index contributed by atoms with van der Waals surface area (Å²) in [7, 11) is 1.59. The fraction of sp³-hybridized carbons (Fsp3) is 0.500. The van der Waals surface area contributed by atoms with E-state index in [1.807, 2.05) is 6.07 Å². The molecule has 1 aromatic rings. The number of hydrogen-bond acceptors (Lipinski definition) is 3. The lowest BCUT2D eigenvalue weighted by molar-refractivity contribution is -0.120. The summed E-state index contributed by atoms with van der Waals surface area (Å²) < 4.78 is 18.4. The van der Waals surface area contributed by atoms with Crippen LogP contribution in [-0.2, 0) is 16.0 Å². The first-order valence-corrected chi connectivity index (χ1v) is 6.48. The Balaban J connectivity index is 1.83. The van der Waals surface area contributed by atoms with Gasteiger partial charge in [0.05, 0.1) is 13.2 Å². The molecule has 1 aliphatic rings. The van der Waals surface area contributed by atoms with E-state index in [4.69, 9.17) is 4.74 Å². The molecular weight excluding hydrogens is 247 g/mol. The van der Waals surface area contributed by atoms with E-state index in [-0.39, 0.29) is 24.3 Å². The normalized spacial score (nSPS) is 17.3. The zero-order valence-electron chi connectivity index (χ0n) is 11.0. The van der Waals surface area contributed by atoms with Gasteiger partial charge in [0.15, 0.2) is 0 Å². The van der Waals surface area contributed by atoms with E-state index in [9.17, 15) is 9.18 Å². The van der Waals surface area contributed by atoms with E-state index < -0.39 is 0 Å². The number of rotatable bonds is 6. The predicted molar refractivity (Wildman–Crippen MR) is 70.4 cm³/mol. The minimum absolute atomic E-state index is 0.0677. The third-order valence-electron chi connectivity index (χ3n) is 3.35. The van der Waals surface area contributed by atoms with Crippen molar-refractivity contribution in [2.45, 2.75) is 18.9 Å². The molecular formula is C14H19FN2O2. The van der Waals surface area contributed by atoms with Gasteiger partial charge in [0.1, 0.15) is 5.82 Å². The van der Waals surface area contributed by atoms with Crippen molar-refractivity contribution in [2.24, 2.45) is 0 Å². The van der Waals surface area contributed by atoms with Crippen LogP contribution in [0.3, 0.4) is 0 Å². The van der Waals surface area contributed by atoms with Crippen molar-refractivity contribution in [3.05, 3.63) is 35.1 Å². The van der Waals surface area contributed by atoms with Crippen molar-refractivity contribution in [1.82, 2.24) is 10.6 Å². The molecule has 4 nitrogen and oxygen atoms in total. The molecule has 0 saturated carbocycles. The molecule has 1 amide bonds. The molecule has 0 radical (unpaired) electrons. The second-order valence-corrected chi connectivity index (χ2v) is 4.62. The molecule has 0 saturated heterocycles. The Morgan fingerprint density at radius 1 is 1.53 bits per heavy atom. The number of fused-ring (bicyclic) bond motifs is 1. The van der Waals surface area contributed by atoms with Gasteiger partial charge in [-0.3, -0.25) is 4.79 Å². The number of ether oxygens (including phenoxy) is 1. The lowest BCUT2D eigenvalue weighted by Crippen LogP contribution is -2.36. The van der Waals surface area contributed by atoms with Gasteiger partial charge < -0.3 is 15.4 Å². The lowest BCUT2D eigenvalue weighted by Gasteiger charge is -2.14. The standard InChI is InChI=1S/C14H19FN2O2/c1-19-8-7-16-14(18)9-17-13-6-5-10-11(13)3-2-4-12(10)15/h2-4,13,17H,5-9H2,1H3,(H,16,18). The molecule has 2 rings (SSSR count). The average Bonchev–Trinajstić information content (AvgIpc) is 2.81. The van der Waals surface area contributed by atoms with Gasteiger partial charge in [0.2, 0.25) is 5.91 Å².